The van der Waals surface area contributed by atoms with Crippen LogP contribution in [0, 0.1) is 0 Å². The van der Waals surface area contributed by atoms with Crippen molar-refractivity contribution in [2.45, 2.75) is 19.4 Å². The van der Waals surface area contributed by atoms with Crippen molar-refractivity contribution in [2.75, 3.05) is 31.5 Å². The molecule has 24 heavy (non-hydrogen) atoms. The highest BCUT2D eigenvalue weighted by Gasteiger charge is 2.18. The number of hydrogen-bond donors (Lipinski definition) is 2. The molecule has 2 aromatic rings. The van der Waals surface area contributed by atoms with Crippen LogP contribution >= 0.6 is 0 Å². The molecular formula is C20H25N3O. The van der Waals surface area contributed by atoms with E-state index < -0.39 is 0 Å². The third-order valence-electron chi connectivity index (χ3n) is 4.55. The van der Waals surface area contributed by atoms with Gasteiger partial charge in [-0.15, -0.1) is 0 Å². The van der Waals surface area contributed by atoms with E-state index in [1.54, 1.807) is 0 Å². The first-order valence-electron chi connectivity index (χ1n) is 8.63. The number of nitrogens with one attached hydrogen (secondary N) is 2. The van der Waals surface area contributed by atoms with Gasteiger partial charge in [-0.25, -0.2) is 0 Å². The highest BCUT2D eigenvalue weighted by Crippen LogP contribution is 2.27. The smallest absolute Gasteiger partial charge is 0.225 e. The van der Waals surface area contributed by atoms with Crippen LogP contribution in [0.2, 0.25) is 0 Å². The van der Waals surface area contributed by atoms with Gasteiger partial charge >= 0.3 is 0 Å². The summed E-state index contributed by atoms with van der Waals surface area (Å²) in [4.78, 5) is 14.8. The van der Waals surface area contributed by atoms with Crippen molar-refractivity contribution < 1.29 is 4.79 Å². The minimum Gasteiger partial charge on any atom is -0.325 e. The zero-order chi connectivity index (χ0) is 16.8. The van der Waals surface area contributed by atoms with Gasteiger partial charge in [-0.1, -0.05) is 48.5 Å². The van der Waals surface area contributed by atoms with Crippen molar-refractivity contribution in [3.63, 3.8) is 0 Å². The van der Waals surface area contributed by atoms with Crippen LogP contribution in [0.4, 0.5) is 5.69 Å². The Hall–Kier alpha value is -2.17. The summed E-state index contributed by atoms with van der Waals surface area (Å²) in [6.07, 6.45) is 0.521. The molecule has 1 aliphatic rings. The Labute approximate surface area is 143 Å². The third kappa shape index (κ3) is 4.22. The number of nitrogens with zero attached hydrogens (tertiary/aromatic N) is 1. The van der Waals surface area contributed by atoms with E-state index in [9.17, 15) is 4.79 Å². The Morgan fingerprint density at radius 3 is 2.71 bits per heavy atom. The zero-order valence-corrected chi connectivity index (χ0v) is 14.2. The van der Waals surface area contributed by atoms with E-state index in [0.29, 0.717) is 12.5 Å². The van der Waals surface area contributed by atoms with Gasteiger partial charge in [-0.05, 0) is 18.6 Å². The highest BCUT2D eigenvalue weighted by atomic mass is 16.1. The maximum atomic E-state index is 12.4. The molecule has 2 aromatic carbocycles. The highest BCUT2D eigenvalue weighted by molar-refractivity contribution is 5.95. The van der Waals surface area contributed by atoms with Gasteiger partial charge in [0, 0.05) is 49.9 Å². The number of carbonyl (C=O) groups is 1. The summed E-state index contributed by atoms with van der Waals surface area (Å²) in [7, 11) is 0. The molecule has 0 unspecified atom stereocenters. The van der Waals surface area contributed by atoms with E-state index >= 15 is 0 Å². The predicted molar refractivity (Wildman–Crippen MR) is 99.0 cm³/mol. The fourth-order valence-electron chi connectivity index (χ4n) is 3.13. The molecule has 3 rings (SSSR count). The summed E-state index contributed by atoms with van der Waals surface area (Å²) in [5, 5.41) is 6.46. The van der Waals surface area contributed by atoms with Crippen LogP contribution in [-0.4, -0.2) is 43.0 Å². The minimum atomic E-state index is 0.0733. The quantitative estimate of drug-likeness (QED) is 0.889. The first kappa shape index (κ1) is 16.7. The molecule has 1 atom stereocenters. The maximum absolute atomic E-state index is 12.4. The summed E-state index contributed by atoms with van der Waals surface area (Å²) in [6.45, 7) is 6.02. The van der Waals surface area contributed by atoms with Crippen molar-refractivity contribution >= 4 is 11.6 Å². The molecule has 126 valence electrons. The van der Waals surface area contributed by atoms with Gasteiger partial charge in [0.15, 0.2) is 0 Å². The molecule has 0 radical (unpaired) electrons. The third-order valence-corrected chi connectivity index (χ3v) is 4.55. The summed E-state index contributed by atoms with van der Waals surface area (Å²) in [6, 6.07) is 18.6. The molecule has 1 heterocycles. The summed E-state index contributed by atoms with van der Waals surface area (Å²) in [5.74, 6) is 0.0733. The van der Waals surface area contributed by atoms with E-state index in [-0.39, 0.29) is 5.91 Å². The summed E-state index contributed by atoms with van der Waals surface area (Å²) < 4.78 is 0. The Kier molecular flexibility index (Phi) is 5.62. The van der Waals surface area contributed by atoms with Crippen LogP contribution < -0.4 is 10.6 Å². The fourth-order valence-corrected chi connectivity index (χ4v) is 3.13. The molecule has 1 aliphatic heterocycles. The Morgan fingerprint density at radius 1 is 1.17 bits per heavy atom. The average Bonchev–Trinajstić information content (AvgIpc) is 2.62. The standard InChI is InChI=1S/C20H25N3O/c1-16-15-21-12-14-23(16)13-11-20(24)22-19-10-6-5-9-18(19)17-7-3-2-4-8-17/h2-10,16,21H,11-15H2,1H3,(H,22,24)/t16-/m1/s1. The van der Waals surface area contributed by atoms with Gasteiger partial charge in [0.25, 0.3) is 0 Å². The van der Waals surface area contributed by atoms with E-state index in [4.69, 9.17) is 0 Å². The largest absolute Gasteiger partial charge is 0.325 e. The van der Waals surface area contributed by atoms with Gasteiger partial charge < -0.3 is 10.6 Å². The van der Waals surface area contributed by atoms with Crippen molar-refractivity contribution in [1.82, 2.24) is 10.2 Å². The molecule has 2 N–H and O–H groups in total. The number of anilines is 1. The van der Waals surface area contributed by atoms with Crippen LogP contribution in [0.15, 0.2) is 54.6 Å². The van der Waals surface area contributed by atoms with Crippen LogP contribution in [0.25, 0.3) is 11.1 Å². The number of hydrogen-bond acceptors (Lipinski definition) is 3. The normalized spacial score (nSPS) is 18.3. The van der Waals surface area contributed by atoms with Gasteiger partial charge in [-0.3, -0.25) is 9.69 Å². The van der Waals surface area contributed by atoms with Gasteiger partial charge in [0.1, 0.15) is 0 Å². The molecule has 1 amide bonds. The van der Waals surface area contributed by atoms with Crippen LogP contribution in [0.1, 0.15) is 13.3 Å². The van der Waals surface area contributed by atoms with Crippen molar-refractivity contribution in [3.8, 4) is 11.1 Å². The molecule has 4 nitrogen and oxygen atoms in total. The summed E-state index contributed by atoms with van der Waals surface area (Å²) in [5.41, 5.74) is 3.05. The zero-order valence-electron chi connectivity index (χ0n) is 14.2. The van der Waals surface area contributed by atoms with Crippen LogP contribution in [0.5, 0.6) is 0 Å². The second-order valence-corrected chi connectivity index (χ2v) is 6.30. The monoisotopic (exact) mass is 323 g/mol. The lowest BCUT2D eigenvalue weighted by molar-refractivity contribution is -0.116. The molecule has 1 saturated heterocycles. The molecule has 0 aliphatic carbocycles. The minimum absolute atomic E-state index is 0.0733. The Bertz CT molecular complexity index is 672. The molecule has 0 bridgehead atoms. The van der Waals surface area contributed by atoms with Gasteiger partial charge in [-0.2, -0.15) is 0 Å². The number of para-hydroxylation sites is 1. The number of rotatable bonds is 5. The second kappa shape index (κ2) is 8.08. The van der Waals surface area contributed by atoms with Crippen molar-refractivity contribution in [2.24, 2.45) is 0 Å². The SMILES string of the molecule is C[C@@H]1CNCCN1CCC(=O)Nc1ccccc1-c1ccccc1. The average molecular weight is 323 g/mol. The number of carbonyl (C=O) groups excluding carboxylic acids is 1. The lowest BCUT2D eigenvalue weighted by Gasteiger charge is -2.33. The Balaban J connectivity index is 1.62. The van der Waals surface area contributed by atoms with Crippen molar-refractivity contribution in [3.05, 3.63) is 54.6 Å². The van der Waals surface area contributed by atoms with Crippen molar-refractivity contribution in [1.29, 1.82) is 0 Å². The molecule has 0 aromatic heterocycles. The first-order valence-corrected chi connectivity index (χ1v) is 8.63. The molecular weight excluding hydrogens is 298 g/mol. The molecule has 4 heteroatoms. The van der Waals surface area contributed by atoms with Crippen LogP contribution in [-0.2, 0) is 4.79 Å². The number of amides is 1. The van der Waals surface area contributed by atoms with Crippen LogP contribution in [0.3, 0.4) is 0 Å². The summed E-state index contributed by atoms with van der Waals surface area (Å²) >= 11 is 0. The van der Waals surface area contributed by atoms with Gasteiger partial charge in [0.05, 0.1) is 0 Å². The molecule has 0 saturated carbocycles. The first-order chi connectivity index (χ1) is 11.7. The van der Waals surface area contributed by atoms with E-state index in [2.05, 4.69) is 34.6 Å². The number of piperazine rings is 1. The Morgan fingerprint density at radius 2 is 1.92 bits per heavy atom. The fraction of sp³-hybridized carbons (Fsp3) is 0.350. The lowest BCUT2D eigenvalue weighted by Crippen LogP contribution is -2.50. The van der Waals surface area contributed by atoms with E-state index in [1.807, 2.05) is 42.5 Å². The second-order valence-electron chi connectivity index (χ2n) is 6.30. The molecule has 1 fully saturated rings. The topological polar surface area (TPSA) is 44.4 Å². The predicted octanol–water partition coefficient (Wildman–Crippen LogP) is 2.98. The molecule has 0 spiro atoms. The van der Waals surface area contributed by atoms with Gasteiger partial charge in [0.2, 0.25) is 5.91 Å². The van der Waals surface area contributed by atoms with E-state index in [1.165, 1.54) is 0 Å². The maximum Gasteiger partial charge on any atom is 0.225 e. The van der Waals surface area contributed by atoms with E-state index in [0.717, 1.165) is 43.0 Å². The lowest BCUT2D eigenvalue weighted by atomic mass is 10.0. The number of benzene rings is 2.